The molecule has 7 nitrogen and oxygen atoms in total. The van der Waals surface area contributed by atoms with Crippen LogP contribution in [0.2, 0.25) is 0 Å². The van der Waals surface area contributed by atoms with Gasteiger partial charge in [-0.2, -0.15) is 28.4 Å². The monoisotopic (exact) mass is 421 g/mol. The molecule has 1 aliphatic heterocycles. The number of hydrogen-bond donors (Lipinski definition) is 1. The van der Waals surface area contributed by atoms with Crippen LogP contribution in [0.3, 0.4) is 0 Å². The summed E-state index contributed by atoms with van der Waals surface area (Å²) in [5.41, 5.74) is 1.05. The van der Waals surface area contributed by atoms with Gasteiger partial charge in [0.2, 0.25) is 5.88 Å². The molecule has 1 aliphatic rings. The second kappa shape index (κ2) is 9.17. The second-order valence-electron chi connectivity index (χ2n) is 6.93. The zero-order valence-corrected chi connectivity index (χ0v) is 16.4. The van der Waals surface area contributed by atoms with E-state index in [0.717, 1.165) is 12.8 Å². The van der Waals surface area contributed by atoms with Crippen molar-refractivity contribution in [2.45, 2.75) is 31.9 Å². The molecule has 0 amide bonds. The van der Waals surface area contributed by atoms with E-state index in [-0.39, 0.29) is 23.9 Å². The highest BCUT2D eigenvalue weighted by atomic mass is 19.4. The Balaban J connectivity index is 1.88. The number of piperidine rings is 1. The van der Waals surface area contributed by atoms with Crippen LogP contribution in [0.25, 0.3) is 0 Å². The van der Waals surface area contributed by atoms with Crippen molar-refractivity contribution in [2.75, 3.05) is 36.2 Å². The Labute approximate surface area is 172 Å². The highest BCUT2D eigenvalue weighted by Crippen LogP contribution is 2.34. The predicted molar refractivity (Wildman–Crippen MR) is 104 cm³/mol. The van der Waals surface area contributed by atoms with Gasteiger partial charge in [0.05, 0.1) is 0 Å². The highest BCUT2D eigenvalue weighted by molar-refractivity contribution is 5.61. The van der Waals surface area contributed by atoms with Gasteiger partial charge in [-0.3, -0.25) is 5.21 Å². The third kappa shape index (κ3) is 5.10. The van der Waals surface area contributed by atoms with E-state index in [1.165, 1.54) is 5.56 Å². The van der Waals surface area contributed by atoms with Crippen LogP contribution in [0, 0.1) is 11.3 Å². The molecule has 2 heterocycles. The molecule has 1 saturated heterocycles. The van der Waals surface area contributed by atoms with Gasteiger partial charge in [-0.05, 0) is 31.2 Å². The van der Waals surface area contributed by atoms with Crippen molar-refractivity contribution in [1.82, 2.24) is 9.97 Å². The number of ether oxygens (including phenoxy) is 1. The molecule has 3 rings (SSSR count). The molecule has 0 spiro atoms. The molecule has 1 N–H and O–H groups in total. The molecule has 0 unspecified atom stereocenters. The third-order valence-corrected chi connectivity index (χ3v) is 4.93. The first-order chi connectivity index (χ1) is 14.3. The van der Waals surface area contributed by atoms with E-state index in [4.69, 9.17) is 4.74 Å². The number of aromatic nitrogens is 2. The van der Waals surface area contributed by atoms with Crippen LogP contribution >= 0.6 is 0 Å². The van der Waals surface area contributed by atoms with Crippen LogP contribution in [0.15, 0.2) is 30.3 Å². The first kappa shape index (κ1) is 21.6. The lowest BCUT2D eigenvalue weighted by atomic mass is 9.89. The number of rotatable bonds is 6. The van der Waals surface area contributed by atoms with Crippen LogP contribution < -0.4 is 14.7 Å². The molecule has 0 atom stereocenters. The van der Waals surface area contributed by atoms with Gasteiger partial charge in [0, 0.05) is 19.6 Å². The van der Waals surface area contributed by atoms with Crippen molar-refractivity contribution in [3.05, 3.63) is 41.5 Å². The molecular formula is C20H22F3N5O2. The summed E-state index contributed by atoms with van der Waals surface area (Å²) < 4.78 is 42.7. The van der Waals surface area contributed by atoms with Crippen LogP contribution in [0.5, 0.6) is 5.88 Å². The minimum atomic E-state index is -4.59. The fourth-order valence-electron chi connectivity index (χ4n) is 3.41. The number of halogens is 3. The van der Waals surface area contributed by atoms with Gasteiger partial charge in [-0.1, -0.05) is 30.3 Å². The maximum atomic E-state index is 12.6. The zero-order valence-electron chi connectivity index (χ0n) is 16.4. The van der Waals surface area contributed by atoms with Crippen molar-refractivity contribution in [3.8, 4) is 11.9 Å². The van der Waals surface area contributed by atoms with E-state index in [1.54, 1.807) is 6.92 Å². The number of anilines is 2. The lowest BCUT2D eigenvalue weighted by molar-refractivity contribution is -0.154. The van der Waals surface area contributed by atoms with Crippen LogP contribution in [-0.4, -0.2) is 47.6 Å². The minimum Gasteiger partial charge on any atom is -0.467 e. The summed E-state index contributed by atoms with van der Waals surface area (Å²) in [5, 5.41) is 20.3. The SMILES string of the molecule is CCN(O)c1nc(OCC(F)(F)F)c(C#N)c(N2CCC(c3ccccc3)CC2)n1. The van der Waals surface area contributed by atoms with Crippen molar-refractivity contribution in [3.63, 3.8) is 0 Å². The fourth-order valence-corrected chi connectivity index (χ4v) is 3.41. The number of benzene rings is 1. The van der Waals surface area contributed by atoms with E-state index >= 15 is 0 Å². The van der Waals surface area contributed by atoms with E-state index in [0.29, 0.717) is 24.1 Å². The lowest BCUT2D eigenvalue weighted by Gasteiger charge is -2.34. The molecule has 1 fully saturated rings. The zero-order chi connectivity index (χ0) is 21.7. The Morgan fingerprint density at radius 1 is 1.23 bits per heavy atom. The summed E-state index contributed by atoms with van der Waals surface area (Å²) in [7, 11) is 0. The molecule has 30 heavy (non-hydrogen) atoms. The number of hydroxylamine groups is 1. The van der Waals surface area contributed by atoms with Gasteiger partial charge in [-0.15, -0.1) is 0 Å². The van der Waals surface area contributed by atoms with Gasteiger partial charge in [0.15, 0.2) is 18.0 Å². The first-order valence-electron chi connectivity index (χ1n) is 9.60. The lowest BCUT2D eigenvalue weighted by Crippen LogP contribution is -2.35. The van der Waals surface area contributed by atoms with Crippen molar-refractivity contribution >= 4 is 11.8 Å². The molecule has 1 aromatic carbocycles. The molecule has 0 radical (unpaired) electrons. The van der Waals surface area contributed by atoms with Crippen LogP contribution in [0.1, 0.15) is 36.8 Å². The average molecular weight is 421 g/mol. The van der Waals surface area contributed by atoms with Crippen molar-refractivity contribution in [1.29, 1.82) is 5.26 Å². The van der Waals surface area contributed by atoms with Crippen LogP contribution in [-0.2, 0) is 0 Å². The topological polar surface area (TPSA) is 85.5 Å². The van der Waals surface area contributed by atoms with E-state index in [1.807, 2.05) is 29.2 Å². The fraction of sp³-hybridized carbons (Fsp3) is 0.450. The number of nitrogens with zero attached hydrogens (tertiary/aromatic N) is 5. The maximum absolute atomic E-state index is 12.6. The molecule has 1 aromatic heterocycles. The van der Waals surface area contributed by atoms with Gasteiger partial charge >= 0.3 is 6.18 Å². The summed E-state index contributed by atoms with van der Waals surface area (Å²) in [5.74, 6) is -0.194. The largest absolute Gasteiger partial charge is 0.467 e. The molecular weight excluding hydrogens is 399 g/mol. The quantitative estimate of drug-likeness (QED) is 0.708. The predicted octanol–water partition coefficient (Wildman–Crippen LogP) is 3.89. The third-order valence-electron chi connectivity index (χ3n) is 4.93. The standard InChI is InChI=1S/C20H22F3N5O2/c1-2-28(29)19-25-17(16(12-24)18(26-19)30-13-20(21,22)23)27-10-8-15(9-11-27)14-6-4-3-5-7-14/h3-7,15,29H,2,8-11,13H2,1H3. The Bertz CT molecular complexity index is 894. The van der Waals surface area contributed by atoms with Gasteiger partial charge < -0.3 is 9.64 Å². The maximum Gasteiger partial charge on any atom is 0.422 e. The Morgan fingerprint density at radius 2 is 1.90 bits per heavy atom. The molecule has 0 aliphatic carbocycles. The van der Waals surface area contributed by atoms with E-state index in [9.17, 15) is 23.6 Å². The van der Waals surface area contributed by atoms with Gasteiger partial charge in [0.25, 0.3) is 5.95 Å². The van der Waals surface area contributed by atoms with Gasteiger partial charge in [0.1, 0.15) is 6.07 Å². The van der Waals surface area contributed by atoms with E-state index in [2.05, 4.69) is 22.1 Å². The molecule has 2 aromatic rings. The number of alkyl halides is 3. The van der Waals surface area contributed by atoms with Crippen LogP contribution in [0.4, 0.5) is 24.9 Å². The van der Waals surface area contributed by atoms with Gasteiger partial charge in [-0.25, -0.2) is 5.06 Å². The van der Waals surface area contributed by atoms with Crippen molar-refractivity contribution in [2.24, 2.45) is 0 Å². The summed E-state index contributed by atoms with van der Waals surface area (Å²) in [6.07, 6.45) is -3.00. The Morgan fingerprint density at radius 3 is 2.47 bits per heavy atom. The molecule has 10 heteroatoms. The normalized spacial score (nSPS) is 15.0. The number of hydrogen-bond acceptors (Lipinski definition) is 7. The summed E-state index contributed by atoms with van der Waals surface area (Å²) in [6.45, 7) is 1.26. The summed E-state index contributed by atoms with van der Waals surface area (Å²) >= 11 is 0. The summed E-state index contributed by atoms with van der Waals surface area (Å²) in [6, 6.07) is 11.9. The highest BCUT2D eigenvalue weighted by Gasteiger charge is 2.31. The molecule has 0 bridgehead atoms. The minimum absolute atomic E-state index is 0.111. The average Bonchev–Trinajstić information content (AvgIpc) is 2.76. The first-order valence-corrected chi connectivity index (χ1v) is 9.60. The van der Waals surface area contributed by atoms with Crippen molar-refractivity contribution < 1.29 is 23.1 Å². The summed E-state index contributed by atoms with van der Waals surface area (Å²) in [4.78, 5) is 9.90. The second-order valence-corrected chi connectivity index (χ2v) is 6.93. The smallest absolute Gasteiger partial charge is 0.422 e. The molecule has 0 saturated carbocycles. The molecule has 160 valence electrons. The van der Waals surface area contributed by atoms with E-state index < -0.39 is 18.7 Å². The number of nitriles is 1. The Hall–Kier alpha value is -3.06. The Kier molecular flexibility index (Phi) is 6.62.